The number of allylic oxidation sites excluding steroid dienone is 1. The predicted octanol–water partition coefficient (Wildman–Crippen LogP) is 3.63. The quantitative estimate of drug-likeness (QED) is 0.535. The van der Waals surface area contributed by atoms with Gasteiger partial charge >= 0.3 is 0 Å². The van der Waals surface area contributed by atoms with E-state index >= 15 is 0 Å². The highest BCUT2D eigenvalue weighted by Gasteiger charge is 2.57. The average molecular weight is 176 g/mol. The van der Waals surface area contributed by atoms with E-state index in [9.17, 15) is 0 Å². The van der Waals surface area contributed by atoms with E-state index in [-0.39, 0.29) is 0 Å². The number of rotatable bonds is 1. The highest BCUT2D eigenvalue weighted by Crippen LogP contribution is 2.65. The van der Waals surface area contributed by atoms with E-state index in [0.29, 0.717) is 5.41 Å². The highest BCUT2D eigenvalue weighted by molar-refractivity contribution is 5.12. The van der Waals surface area contributed by atoms with Gasteiger partial charge in [0.25, 0.3) is 0 Å². The van der Waals surface area contributed by atoms with Crippen LogP contribution in [0.3, 0.4) is 0 Å². The summed E-state index contributed by atoms with van der Waals surface area (Å²) in [6.07, 6.45) is 9.80. The second kappa shape index (κ2) is 2.40. The van der Waals surface area contributed by atoms with Crippen molar-refractivity contribution in [2.24, 2.45) is 29.1 Å². The number of hydrogen-bond donors (Lipinski definition) is 0. The van der Waals surface area contributed by atoms with Crippen molar-refractivity contribution in [3.8, 4) is 0 Å². The van der Waals surface area contributed by atoms with Crippen molar-refractivity contribution >= 4 is 0 Å². The summed E-state index contributed by atoms with van der Waals surface area (Å²) < 4.78 is 0. The van der Waals surface area contributed by atoms with E-state index in [1.54, 1.807) is 6.42 Å². The fourth-order valence-electron chi connectivity index (χ4n) is 4.72. The Morgan fingerprint density at radius 1 is 1.31 bits per heavy atom. The molecule has 0 nitrogen and oxygen atoms in total. The van der Waals surface area contributed by atoms with Crippen LogP contribution >= 0.6 is 0 Å². The number of hydrogen-bond acceptors (Lipinski definition) is 0. The lowest BCUT2D eigenvalue weighted by atomic mass is 9.67. The normalized spacial score (nSPS) is 58.2. The van der Waals surface area contributed by atoms with Gasteiger partial charge in [0.1, 0.15) is 0 Å². The van der Waals surface area contributed by atoms with Gasteiger partial charge in [-0.3, -0.25) is 0 Å². The summed E-state index contributed by atoms with van der Waals surface area (Å²) in [5.74, 6) is 4.28. The van der Waals surface area contributed by atoms with E-state index in [1.807, 2.05) is 0 Å². The molecule has 3 aliphatic carbocycles. The Bertz CT molecular complexity index is 242. The number of fused-ring (bicyclic) bond motifs is 5. The Hall–Kier alpha value is -0.260. The van der Waals surface area contributed by atoms with Crippen LogP contribution in [-0.2, 0) is 0 Å². The summed E-state index contributed by atoms with van der Waals surface area (Å²) >= 11 is 0. The van der Waals surface area contributed by atoms with Crippen LogP contribution in [0.1, 0.15) is 39.0 Å². The minimum absolute atomic E-state index is 0.510. The second-order valence-corrected chi connectivity index (χ2v) is 5.77. The van der Waals surface area contributed by atoms with E-state index in [1.165, 1.54) is 25.7 Å². The molecule has 13 heavy (non-hydrogen) atoms. The third kappa shape index (κ3) is 0.872. The van der Waals surface area contributed by atoms with Gasteiger partial charge in [-0.05, 0) is 54.8 Å². The molecule has 0 saturated heterocycles. The molecule has 0 spiro atoms. The predicted molar refractivity (Wildman–Crippen MR) is 55.3 cm³/mol. The van der Waals surface area contributed by atoms with Crippen LogP contribution in [0.2, 0.25) is 0 Å². The van der Waals surface area contributed by atoms with E-state index < -0.39 is 0 Å². The van der Waals surface area contributed by atoms with Gasteiger partial charge in [-0.2, -0.15) is 0 Å². The van der Waals surface area contributed by atoms with Crippen molar-refractivity contribution in [2.75, 3.05) is 0 Å². The van der Waals surface area contributed by atoms with Crippen LogP contribution in [0, 0.1) is 29.1 Å². The summed E-state index contributed by atoms with van der Waals surface area (Å²) in [5.41, 5.74) is 0.510. The molecule has 0 amide bonds. The summed E-state index contributed by atoms with van der Waals surface area (Å²) in [5, 5.41) is 0. The van der Waals surface area contributed by atoms with Gasteiger partial charge in [-0.1, -0.05) is 19.4 Å². The van der Waals surface area contributed by atoms with E-state index in [0.717, 1.165) is 23.7 Å². The zero-order valence-electron chi connectivity index (χ0n) is 8.63. The van der Waals surface area contributed by atoms with Gasteiger partial charge in [0.2, 0.25) is 0 Å². The molecule has 0 radical (unpaired) electrons. The molecule has 5 unspecified atom stereocenters. The molecule has 72 valence electrons. The molecule has 0 aromatic rings. The molecule has 2 bridgehead atoms. The van der Waals surface area contributed by atoms with Gasteiger partial charge in [-0.15, -0.1) is 6.58 Å². The molecule has 5 atom stereocenters. The SMILES string of the molecule is C=CC1(C)CC2CC1C1CCCC21. The maximum Gasteiger partial charge on any atom is -0.0115 e. The van der Waals surface area contributed by atoms with Crippen LogP contribution in [-0.4, -0.2) is 0 Å². The van der Waals surface area contributed by atoms with Crippen molar-refractivity contribution in [3.63, 3.8) is 0 Å². The topological polar surface area (TPSA) is 0 Å². The molecular formula is C13H20. The van der Waals surface area contributed by atoms with E-state index in [2.05, 4.69) is 19.6 Å². The molecule has 0 heteroatoms. The first-order valence-electron chi connectivity index (χ1n) is 5.88. The zero-order chi connectivity index (χ0) is 9.05. The van der Waals surface area contributed by atoms with Crippen LogP contribution in [0.5, 0.6) is 0 Å². The van der Waals surface area contributed by atoms with Crippen LogP contribution in [0.4, 0.5) is 0 Å². The molecule has 0 N–H and O–H groups in total. The smallest absolute Gasteiger partial charge is 0.0115 e. The Kier molecular flexibility index (Phi) is 1.49. The second-order valence-electron chi connectivity index (χ2n) is 5.77. The largest absolute Gasteiger partial charge is 0.103 e. The fraction of sp³-hybridized carbons (Fsp3) is 0.846. The van der Waals surface area contributed by atoms with Crippen molar-refractivity contribution < 1.29 is 0 Å². The molecule has 0 heterocycles. The fourth-order valence-corrected chi connectivity index (χ4v) is 4.72. The summed E-state index contributed by atoms with van der Waals surface area (Å²) in [7, 11) is 0. The lowest BCUT2D eigenvalue weighted by Gasteiger charge is -2.38. The molecule has 0 aromatic heterocycles. The minimum atomic E-state index is 0.510. The maximum absolute atomic E-state index is 4.05. The third-order valence-electron chi connectivity index (χ3n) is 5.32. The van der Waals surface area contributed by atoms with Crippen molar-refractivity contribution in [3.05, 3.63) is 12.7 Å². The van der Waals surface area contributed by atoms with Gasteiger partial charge in [0.15, 0.2) is 0 Å². The molecular weight excluding hydrogens is 156 g/mol. The van der Waals surface area contributed by atoms with Crippen LogP contribution < -0.4 is 0 Å². The first-order chi connectivity index (χ1) is 6.24. The zero-order valence-corrected chi connectivity index (χ0v) is 8.63. The van der Waals surface area contributed by atoms with Crippen molar-refractivity contribution in [1.82, 2.24) is 0 Å². The molecule has 0 aliphatic heterocycles. The molecule has 3 aliphatic rings. The average Bonchev–Trinajstić information content (AvgIpc) is 2.72. The molecule has 0 aromatic carbocycles. The first kappa shape index (κ1) is 8.08. The maximum atomic E-state index is 4.05. The Labute approximate surface area is 81.4 Å². The van der Waals surface area contributed by atoms with Crippen LogP contribution in [0.25, 0.3) is 0 Å². The van der Waals surface area contributed by atoms with Crippen molar-refractivity contribution in [2.45, 2.75) is 39.0 Å². The summed E-state index contributed by atoms with van der Waals surface area (Å²) in [6.45, 7) is 6.49. The standard InChI is InChI=1S/C13H20/c1-3-13(2)8-9-7-12(13)11-6-4-5-10(9)11/h3,9-12H,1,4-8H2,2H3. The van der Waals surface area contributed by atoms with Gasteiger partial charge in [0, 0.05) is 0 Å². The van der Waals surface area contributed by atoms with Crippen molar-refractivity contribution in [1.29, 1.82) is 0 Å². The molecule has 3 fully saturated rings. The molecule has 3 saturated carbocycles. The van der Waals surface area contributed by atoms with Crippen LogP contribution in [0.15, 0.2) is 12.7 Å². The third-order valence-corrected chi connectivity index (χ3v) is 5.32. The minimum Gasteiger partial charge on any atom is -0.103 e. The lowest BCUT2D eigenvalue weighted by molar-refractivity contribution is 0.144. The Balaban J connectivity index is 1.93. The summed E-state index contributed by atoms with van der Waals surface area (Å²) in [6, 6.07) is 0. The lowest BCUT2D eigenvalue weighted by Crippen LogP contribution is -2.31. The van der Waals surface area contributed by atoms with E-state index in [4.69, 9.17) is 0 Å². The monoisotopic (exact) mass is 176 g/mol. The first-order valence-corrected chi connectivity index (χ1v) is 5.88. The van der Waals surface area contributed by atoms with Gasteiger partial charge in [-0.25, -0.2) is 0 Å². The highest BCUT2D eigenvalue weighted by atomic mass is 14.6. The van der Waals surface area contributed by atoms with Gasteiger partial charge < -0.3 is 0 Å². The molecule has 3 rings (SSSR count). The van der Waals surface area contributed by atoms with Gasteiger partial charge in [0.05, 0.1) is 0 Å². The Morgan fingerprint density at radius 3 is 2.85 bits per heavy atom. The summed E-state index contributed by atoms with van der Waals surface area (Å²) in [4.78, 5) is 0. The Morgan fingerprint density at radius 2 is 2.08 bits per heavy atom.